The molecule has 3 aromatic heterocycles. The van der Waals surface area contributed by atoms with Crippen molar-refractivity contribution in [1.29, 1.82) is 0 Å². The number of imidazole rings is 1. The Morgan fingerprint density at radius 3 is 2.89 bits per heavy atom. The van der Waals surface area contributed by atoms with Crippen LogP contribution in [0.1, 0.15) is 46.9 Å². The van der Waals surface area contributed by atoms with Crippen molar-refractivity contribution in [3.8, 4) is 0 Å². The summed E-state index contributed by atoms with van der Waals surface area (Å²) in [6.07, 6.45) is 11.1. The fourth-order valence-electron chi connectivity index (χ4n) is 3.73. The number of amides is 1. The molecule has 6 nitrogen and oxygen atoms in total. The van der Waals surface area contributed by atoms with Crippen molar-refractivity contribution < 1.29 is 4.79 Å². The van der Waals surface area contributed by atoms with Crippen LogP contribution in [0.15, 0.2) is 49.1 Å². The van der Waals surface area contributed by atoms with E-state index in [1.165, 1.54) is 19.3 Å². The Kier molecular flexibility index (Phi) is 5.16. The van der Waals surface area contributed by atoms with Crippen molar-refractivity contribution in [2.75, 3.05) is 19.6 Å². The van der Waals surface area contributed by atoms with Crippen molar-refractivity contribution >= 4 is 11.6 Å². The summed E-state index contributed by atoms with van der Waals surface area (Å²) < 4.78 is 1.88. The topological polar surface area (TPSA) is 62.5 Å². The second-order valence-corrected chi connectivity index (χ2v) is 7.20. The van der Waals surface area contributed by atoms with Crippen molar-refractivity contribution in [2.24, 2.45) is 0 Å². The van der Waals surface area contributed by atoms with Crippen LogP contribution in [0, 0.1) is 6.92 Å². The zero-order valence-corrected chi connectivity index (χ0v) is 15.6. The normalized spacial score (nSPS) is 16.3. The largest absolute Gasteiger partial charge is 0.349 e. The lowest BCUT2D eigenvalue weighted by Gasteiger charge is -2.34. The minimum absolute atomic E-state index is 0.137. The van der Waals surface area contributed by atoms with Gasteiger partial charge in [0.25, 0.3) is 5.91 Å². The maximum absolute atomic E-state index is 12.7. The smallest absolute Gasteiger partial charge is 0.271 e. The number of likely N-dealkylation sites (tertiary alicyclic amines) is 1. The molecule has 0 aromatic carbocycles. The van der Waals surface area contributed by atoms with Gasteiger partial charge in [-0.25, -0.2) is 4.98 Å². The van der Waals surface area contributed by atoms with Crippen molar-refractivity contribution in [1.82, 2.24) is 24.6 Å². The van der Waals surface area contributed by atoms with E-state index in [0.717, 1.165) is 29.9 Å². The molecule has 0 radical (unpaired) electrons. The third kappa shape index (κ3) is 4.01. The van der Waals surface area contributed by atoms with Crippen LogP contribution >= 0.6 is 0 Å². The highest BCUT2D eigenvalue weighted by Crippen LogP contribution is 2.23. The van der Waals surface area contributed by atoms with Crippen LogP contribution in [0.2, 0.25) is 0 Å². The van der Waals surface area contributed by atoms with E-state index in [0.29, 0.717) is 12.2 Å². The first-order valence-corrected chi connectivity index (χ1v) is 9.58. The molecular formula is C21H25N5O. The number of nitrogens with one attached hydrogen (secondary N) is 1. The van der Waals surface area contributed by atoms with Crippen LogP contribution in [0.4, 0.5) is 0 Å². The van der Waals surface area contributed by atoms with Gasteiger partial charge in [0, 0.05) is 31.3 Å². The number of hydrogen-bond donors (Lipinski definition) is 1. The van der Waals surface area contributed by atoms with Crippen LogP contribution in [-0.2, 0) is 0 Å². The molecule has 0 aliphatic carbocycles. The van der Waals surface area contributed by atoms with E-state index >= 15 is 0 Å². The molecule has 0 unspecified atom stereocenters. The Hall–Kier alpha value is -2.73. The standard InChI is InChI=1S/C21H25N5O/c1-16-7-11-26-15-18(24-20(26)12-16)21(27)23-14-19(17-6-5-8-22-13-17)25-9-3-2-4-10-25/h5-8,11-13,15,19H,2-4,9-10,14H2,1H3,(H,23,27)/t19-/m1/s1. The molecule has 1 saturated heterocycles. The minimum atomic E-state index is -0.137. The lowest BCUT2D eigenvalue weighted by molar-refractivity contribution is 0.0920. The minimum Gasteiger partial charge on any atom is -0.349 e. The fraction of sp³-hybridized carbons (Fsp3) is 0.381. The number of fused-ring (bicyclic) bond motifs is 1. The average molecular weight is 363 g/mol. The van der Waals surface area contributed by atoms with Crippen molar-refractivity contribution in [3.63, 3.8) is 0 Å². The number of hydrogen-bond acceptors (Lipinski definition) is 4. The monoisotopic (exact) mass is 363 g/mol. The molecule has 4 heterocycles. The third-order valence-corrected chi connectivity index (χ3v) is 5.20. The second kappa shape index (κ2) is 7.88. The number of carbonyl (C=O) groups excluding carboxylic acids is 1. The molecular weight excluding hydrogens is 338 g/mol. The summed E-state index contributed by atoms with van der Waals surface area (Å²) in [5, 5.41) is 3.09. The van der Waals surface area contributed by atoms with Gasteiger partial charge in [0.05, 0.1) is 6.04 Å². The molecule has 1 amide bonds. The highest BCUT2D eigenvalue weighted by molar-refractivity contribution is 5.92. The van der Waals surface area contributed by atoms with Crippen molar-refractivity contribution in [2.45, 2.75) is 32.2 Å². The average Bonchev–Trinajstić information content (AvgIpc) is 3.13. The Morgan fingerprint density at radius 2 is 2.11 bits per heavy atom. The lowest BCUT2D eigenvalue weighted by Crippen LogP contribution is -2.40. The van der Waals surface area contributed by atoms with Gasteiger partial charge < -0.3 is 9.72 Å². The first-order chi connectivity index (χ1) is 13.2. The Balaban J connectivity index is 1.49. The molecule has 1 fully saturated rings. The van der Waals surface area contributed by atoms with Crippen LogP contribution in [-0.4, -0.2) is 44.8 Å². The molecule has 6 heteroatoms. The van der Waals surface area contributed by atoms with Gasteiger partial charge in [-0.15, -0.1) is 0 Å². The molecule has 1 aliphatic rings. The summed E-state index contributed by atoms with van der Waals surface area (Å²) in [7, 11) is 0. The van der Waals surface area contributed by atoms with Gasteiger partial charge in [0.15, 0.2) is 0 Å². The Bertz CT molecular complexity index is 915. The zero-order valence-electron chi connectivity index (χ0n) is 15.6. The summed E-state index contributed by atoms with van der Waals surface area (Å²) in [4.78, 5) is 23.9. The van der Waals surface area contributed by atoms with E-state index in [1.807, 2.05) is 41.9 Å². The van der Waals surface area contributed by atoms with Gasteiger partial charge >= 0.3 is 0 Å². The second-order valence-electron chi connectivity index (χ2n) is 7.20. The summed E-state index contributed by atoms with van der Waals surface area (Å²) >= 11 is 0. The van der Waals surface area contributed by atoms with Crippen molar-refractivity contribution in [3.05, 3.63) is 65.9 Å². The molecule has 140 valence electrons. The maximum Gasteiger partial charge on any atom is 0.271 e. The van der Waals surface area contributed by atoms with E-state index in [9.17, 15) is 4.79 Å². The molecule has 3 aromatic rings. The van der Waals surface area contributed by atoms with E-state index < -0.39 is 0 Å². The molecule has 1 aliphatic heterocycles. The number of aromatic nitrogens is 3. The predicted octanol–water partition coefficient (Wildman–Crippen LogP) is 2.99. The number of aryl methyl sites for hydroxylation is 1. The van der Waals surface area contributed by atoms with E-state index in [-0.39, 0.29) is 11.9 Å². The molecule has 1 N–H and O–H groups in total. The van der Waals surface area contributed by atoms with Crippen LogP contribution in [0.3, 0.4) is 0 Å². The third-order valence-electron chi connectivity index (χ3n) is 5.20. The van der Waals surface area contributed by atoms with Crippen LogP contribution < -0.4 is 5.32 Å². The number of nitrogens with zero attached hydrogens (tertiary/aromatic N) is 4. The van der Waals surface area contributed by atoms with Gasteiger partial charge in [0.2, 0.25) is 0 Å². The summed E-state index contributed by atoms with van der Waals surface area (Å²) in [5.41, 5.74) is 3.51. The highest BCUT2D eigenvalue weighted by atomic mass is 16.1. The lowest BCUT2D eigenvalue weighted by atomic mass is 10.0. The van der Waals surface area contributed by atoms with E-state index in [2.05, 4.69) is 26.3 Å². The first kappa shape index (κ1) is 17.7. The molecule has 27 heavy (non-hydrogen) atoms. The van der Waals surface area contributed by atoms with Crippen LogP contribution in [0.25, 0.3) is 5.65 Å². The number of piperidine rings is 1. The number of pyridine rings is 2. The Morgan fingerprint density at radius 1 is 1.26 bits per heavy atom. The molecule has 0 bridgehead atoms. The summed E-state index contributed by atoms with van der Waals surface area (Å²) in [5.74, 6) is -0.137. The molecule has 4 rings (SSSR count). The van der Waals surface area contributed by atoms with Gasteiger partial charge in [0.1, 0.15) is 11.3 Å². The number of rotatable bonds is 5. The van der Waals surface area contributed by atoms with E-state index in [4.69, 9.17) is 0 Å². The quantitative estimate of drug-likeness (QED) is 0.757. The van der Waals surface area contributed by atoms with Gasteiger partial charge in [-0.3, -0.25) is 14.7 Å². The van der Waals surface area contributed by atoms with Gasteiger partial charge in [-0.05, 0) is 62.2 Å². The first-order valence-electron chi connectivity index (χ1n) is 9.58. The Labute approximate surface area is 159 Å². The summed E-state index contributed by atoms with van der Waals surface area (Å²) in [6, 6.07) is 8.17. The predicted molar refractivity (Wildman–Crippen MR) is 105 cm³/mol. The molecule has 0 spiro atoms. The molecule has 1 atom stereocenters. The molecule has 0 saturated carbocycles. The highest BCUT2D eigenvalue weighted by Gasteiger charge is 2.23. The van der Waals surface area contributed by atoms with Crippen LogP contribution in [0.5, 0.6) is 0 Å². The van der Waals surface area contributed by atoms with E-state index in [1.54, 1.807) is 12.4 Å². The zero-order chi connectivity index (χ0) is 18.6. The fourth-order valence-corrected chi connectivity index (χ4v) is 3.73. The number of carbonyl (C=O) groups is 1. The van der Waals surface area contributed by atoms with Gasteiger partial charge in [-0.1, -0.05) is 12.5 Å². The summed E-state index contributed by atoms with van der Waals surface area (Å²) in [6.45, 7) is 4.69. The maximum atomic E-state index is 12.7. The van der Waals surface area contributed by atoms with Gasteiger partial charge in [-0.2, -0.15) is 0 Å². The SMILES string of the molecule is Cc1ccn2cc(C(=O)NC[C@H](c3cccnc3)N3CCCCC3)nc2c1.